The first-order valence-electron chi connectivity index (χ1n) is 9.51. The highest BCUT2D eigenvalue weighted by Gasteiger charge is 2.30. The maximum Gasteiger partial charge on any atom is 0.244 e. The van der Waals surface area contributed by atoms with Crippen LogP contribution in [0.2, 0.25) is 0 Å². The molecule has 5 nitrogen and oxygen atoms in total. The number of benzene rings is 2. The van der Waals surface area contributed by atoms with E-state index in [-0.39, 0.29) is 11.9 Å². The molecule has 2 aromatic rings. The van der Waals surface area contributed by atoms with E-state index in [1.54, 1.807) is 25.1 Å². The number of nitrogens with one attached hydrogen (secondary N) is 1. The summed E-state index contributed by atoms with van der Waals surface area (Å²) in [5.74, 6) is 0.0602. The zero-order chi connectivity index (χ0) is 20.9. The van der Waals surface area contributed by atoms with Gasteiger partial charge in [0.1, 0.15) is 6.04 Å². The number of aryl methyl sites for hydroxylation is 1. The molecule has 0 saturated carbocycles. The molecule has 0 radical (unpaired) electrons. The molecule has 0 heterocycles. The maximum atomic E-state index is 13.0. The van der Waals surface area contributed by atoms with E-state index in [0.717, 1.165) is 23.8 Å². The van der Waals surface area contributed by atoms with Crippen molar-refractivity contribution >= 4 is 21.6 Å². The summed E-state index contributed by atoms with van der Waals surface area (Å²) >= 11 is 0. The van der Waals surface area contributed by atoms with Crippen LogP contribution in [-0.4, -0.2) is 26.6 Å². The SMILES string of the molecule is Cc1cccc(N([C@@H](C)C(=O)N[C@@H](CC(C)C)c2ccccc2)S(C)(=O)=O)c1. The minimum absolute atomic E-state index is 0.171. The van der Waals surface area contributed by atoms with Gasteiger partial charge in [-0.3, -0.25) is 9.10 Å². The monoisotopic (exact) mass is 402 g/mol. The zero-order valence-electron chi connectivity index (χ0n) is 17.2. The largest absolute Gasteiger partial charge is 0.347 e. The van der Waals surface area contributed by atoms with Crippen LogP contribution < -0.4 is 9.62 Å². The van der Waals surface area contributed by atoms with Crippen molar-refractivity contribution in [2.24, 2.45) is 5.92 Å². The summed E-state index contributed by atoms with van der Waals surface area (Å²) in [6.45, 7) is 7.71. The second-order valence-corrected chi connectivity index (χ2v) is 9.53. The van der Waals surface area contributed by atoms with Crippen molar-refractivity contribution in [3.8, 4) is 0 Å². The zero-order valence-corrected chi connectivity index (χ0v) is 18.0. The van der Waals surface area contributed by atoms with Crippen LogP contribution in [0.3, 0.4) is 0 Å². The second-order valence-electron chi connectivity index (χ2n) is 7.68. The van der Waals surface area contributed by atoms with E-state index in [9.17, 15) is 13.2 Å². The van der Waals surface area contributed by atoms with Gasteiger partial charge >= 0.3 is 0 Å². The highest BCUT2D eigenvalue weighted by atomic mass is 32.2. The fourth-order valence-corrected chi connectivity index (χ4v) is 4.47. The van der Waals surface area contributed by atoms with Gasteiger partial charge in [-0.25, -0.2) is 8.42 Å². The van der Waals surface area contributed by atoms with Gasteiger partial charge in [0, 0.05) is 0 Å². The van der Waals surface area contributed by atoms with Gasteiger partial charge in [-0.05, 0) is 49.4 Å². The molecule has 0 aromatic heterocycles. The molecule has 0 aliphatic rings. The lowest BCUT2D eigenvalue weighted by atomic mass is 9.96. The van der Waals surface area contributed by atoms with Gasteiger partial charge in [-0.15, -0.1) is 0 Å². The molecule has 1 amide bonds. The number of carbonyl (C=O) groups is 1. The standard InChI is InChI=1S/C22H30N2O3S/c1-16(2)14-21(19-11-7-6-8-12-19)23-22(25)18(4)24(28(5,26)27)20-13-9-10-17(3)15-20/h6-13,15-16,18,21H,14H2,1-5H3,(H,23,25)/t18-,21-/m0/s1. The van der Waals surface area contributed by atoms with Crippen LogP contribution in [0.5, 0.6) is 0 Å². The normalized spacial score (nSPS) is 13.8. The summed E-state index contributed by atoms with van der Waals surface area (Å²) in [5, 5.41) is 3.06. The number of carbonyl (C=O) groups excluding carboxylic acids is 1. The van der Waals surface area contributed by atoms with E-state index in [0.29, 0.717) is 11.6 Å². The van der Waals surface area contributed by atoms with Crippen LogP contribution in [0.4, 0.5) is 5.69 Å². The number of nitrogens with zero attached hydrogens (tertiary/aromatic N) is 1. The molecule has 0 unspecified atom stereocenters. The summed E-state index contributed by atoms with van der Waals surface area (Å²) in [6, 6.07) is 15.9. The Morgan fingerprint density at radius 1 is 1.04 bits per heavy atom. The van der Waals surface area contributed by atoms with Gasteiger partial charge in [0.05, 0.1) is 18.0 Å². The molecular formula is C22H30N2O3S. The number of rotatable bonds is 8. The first kappa shape index (κ1) is 22.0. The molecular weight excluding hydrogens is 372 g/mol. The van der Waals surface area contributed by atoms with E-state index in [1.807, 2.05) is 43.3 Å². The Hall–Kier alpha value is -2.34. The van der Waals surface area contributed by atoms with Crippen LogP contribution in [-0.2, 0) is 14.8 Å². The van der Waals surface area contributed by atoms with Crippen molar-refractivity contribution < 1.29 is 13.2 Å². The summed E-state index contributed by atoms with van der Waals surface area (Å²) in [4.78, 5) is 13.0. The van der Waals surface area contributed by atoms with Crippen LogP contribution in [0.25, 0.3) is 0 Å². The van der Waals surface area contributed by atoms with Gasteiger partial charge in [-0.2, -0.15) is 0 Å². The van der Waals surface area contributed by atoms with Crippen LogP contribution in [0.15, 0.2) is 54.6 Å². The van der Waals surface area contributed by atoms with Gasteiger partial charge in [0.15, 0.2) is 0 Å². The average Bonchev–Trinajstić information content (AvgIpc) is 2.60. The van der Waals surface area contributed by atoms with Crippen molar-refractivity contribution in [3.05, 3.63) is 65.7 Å². The molecule has 1 N–H and O–H groups in total. The number of hydrogen-bond acceptors (Lipinski definition) is 3. The van der Waals surface area contributed by atoms with Crippen molar-refractivity contribution in [2.75, 3.05) is 10.6 Å². The smallest absolute Gasteiger partial charge is 0.244 e. The van der Waals surface area contributed by atoms with E-state index >= 15 is 0 Å². The van der Waals surface area contributed by atoms with E-state index in [1.165, 1.54) is 4.31 Å². The molecule has 0 saturated heterocycles. The Labute approximate surface area is 168 Å². The Morgan fingerprint density at radius 3 is 2.21 bits per heavy atom. The molecule has 2 atom stereocenters. The fraction of sp³-hybridized carbons (Fsp3) is 0.409. The van der Waals surface area contributed by atoms with Crippen molar-refractivity contribution in [2.45, 2.75) is 46.2 Å². The summed E-state index contributed by atoms with van der Waals surface area (Å²) in [6.07, 6.45) is 1.90. The van der Waals surface area contributed by atoms with Crippen LogP contribution >= 0.6 is 0 Å². The Balaban J connectivity index is 2.30. The second kappa shape index (κ2) is 9.24. The number of sulfonamides is 1. The predicted octanol–water partition coefficient (Wildman–Crippen LogP) is 4.05. The van der Waals surface area contributed by atoms with Gasteiger partial charge in [0.2, 0.25) is 15.9 Å². The minimum atomic E-state index is -3.63. The summed E-state index contributed by atoms with van der Waals surface area (Å²) in [7, 11) is -3.63. The van der Waals surface area contributed by atoms with Crippen molar-refractivity contribution in [1.29, 1.82) is 0 Å². The first-order valence-corrected chi connectivity index (χ1v) is 11.4. The van der Waals surface area contributed by atoms with Crippen molar-refractivity contribution in [3.63, 3.8) is 0 Å². The molecule has 6 heteroatoms. The third-order valence-corrected chi connectivity index (χ3v) is 5.81. The van der Waals surface area contributed by atoms with Gasteiger partial charge in [0.25, 0.3) is 0 Å². The quantitative estimate of drug-likeness (QED) is 0.724. The van der Waals surface area contributed by atoms with E-state index in [4.69, 9.17) is 0 Å². The molecule has 2 rings (SSSR count). The molecule has 0 aliphatic heterocycles. The molecule has 28 heavy (non-hydrogen) atoms. The Morgan fingerprint density at radius 2 is 1.68 bits per heavy atom. The molecule has 0 bridgehead atoms. The fourth-order valence-electron chi connectivity index (χ4n) is 3.30. The van der Waals surface area contributed by atoms with Crippen LogP contribution in [0.1, 0.15) is 44.4 Å². The van der Waals surface area contributed by atoms with E-state index < -0.39 is 16.1 Å². The highest BCUT2D eigenvalue weighted by Crippen LogP contribution is 2.24. The molecule has 0 aliphatic carbocycles. The summed E-state index contributed by atoms with van der Waals surface area (Å²) < 4.78 is 26.1. The maximum absolute atomic E-state index is 13.0. The molecule has 0 fully saturated rings. The van der Waals surface area contributed by atoms with Gasteiger partial charge in [-0.1, -0.05) is 56.3 Å². The van der Waals surface area contributed by atoms with Crippen LogP contribution in [0, 0.1) is 12.8 Å². The first-order chi connectivity index (χ1) is 13.1. The average molecular weight is 403 g/mol. The Kier molecular flexibility index (Phi) is 7.24. The lowest BCUT2D eigenvalue weighted by molar-refractivity contribution is -0.122. The lowest BCUT2D eigenvalue weighted by Crippen LogP contribution is -2.48. The molecule has 152 valence electrons. The predicted molar refractivity (Wildman–Crippen MR) is 115 cm³/mol. The lowest BCUT2D eigenvalue weighted by Gasteiger charge is -2.30. The number of amides is 1. The third-order valence-electron chi connectivity index (χ3n) is 4.57. The minimum Gasteiger partial charge on any atom is -0.347 e. The highest BCUT2D eigenvalue weighted by molar-refractivity contribution is 7.92. The van der Waals surface area contributed by atoms with Crippen molar-refractivity contribution in [1.82, 2.24) is 5.32 Å². The van der Waals surface area contributed by atoms with E-state index in [2.05, 4.69) is 19.2 Å². The Bertz CT molecular complexity index is 895. The topological polar surface area (TPSA) is 66.5 Å². The molecule has 0 spiro atoms. The third kappa shape index (κ3) is 5.83. The van der Waals surface area contributed by atoms with Gasteiger partial charge < -0.3 is 5.32 Å². The molecule has 2 aromatic carbocycles. The number of anilines is 1. The number of hydrogen-bond donors (Lipinski definition) is 1. The summed E-state index contributed by atoms with van der Waals surface area (Å²) in [5.41, 5.74) is 2.43.